The van der Waals surface area contributed by atoms with Crippen LogP contribution in [0.5, 0.6) is 0 Å². The van der Waals surface area contributed by atoms with E-state index < -0.39 is 0 Å². The molecule has 130 valence electrons. The van der Waals surface area contributed by atoms with Gasteiger partial charge in [0.1, 0.15) is 5.82 Å². The molecule has 0 saturated heterocycles. The fourth-order valence-corrected chi connectivity index (χ4v) is 3.38. The molecule has 0 unspecified atom stereocenters. The third-order valence-electron chi connectivity index (χ3n) is 3.84. The number of carbonyl (C=O) groups excluding carboxylic acids is 1. The Hall–Kier alpha value is -2.60. The first-order valence-corrected chi connectivity index (χ1v) is 8.88. The van der Waals surface area contributed by atoms with E-state index >= 15 is 0 Å². The largest absolute Gasteiger partial charge is 0.463 e. The minimum absolute atomic E-state index is 0.150. The summed E-state index contributed by atoms with van der Waals surface area (Å²) in [4.78, 5) is 12.9. The van der Waals surface area contributed by atoms with Crippen LogP contribution in [0.15, 0.2) is 59.6 Å². The molecule has 0 saturated carbocycles. The second kappa shape index (κ2) is 7.53. The van der Waals surface area contributed by atoms with Crippen molar-refractivity contribution in [2.45, 2.75) is 19.9 Å². The lowest BCUT2D eigenvalue weighted by molar-refractivity contribution is -0.137. The highest BCUT2D eigenvalue weighted by atomic mass is 32.1. The molecule has 0 spiro atoms. The Kier molecular flexibility index (Phi) is 5.19. The van der Waals surface area contributed by atoms with Gasteiger partial charge in [-0.1, -0.05) is 18.2 Å². The second-order valence-corrected chi connectivity index (χ2v) is 6.52. The maximum atomic E-state index is 13.3. The molecule has 4 nitrogen and oxygen atoms in total. The number of hydrazine groups is 1. The fraction of sp³-hybridized carbons (Fsp3) is 0.211. The average Bonchev–Trinajstić information content (AvgIpc) is 3.25. The highest BCUT2D eigenvalue weighted by Gasteiger charge is 2.27. The van der Waals surface area contributed by atoms with Crippen LogP contribution in [0.2, 0.25) is 0 Å². The fourth-order valence-electron chi connectivity index (χ4n) is 2.67. The Labute approximate surface area is 150 Å². The number of hydrogen-bond donors (Lipinski definition) is 1. The standard InChI is InChI=1S/C19H19FN2O2S/c1-3-24-19(23)11-13(2)22-17(14-6-8-15(20)9-7-14)12-16(21-22)18-5-4-10-25-18/h4-12,17,21H,3H2,1-2H3/t17-/m0/s1. The van der Waals surface area contributed by atoms with Gasteiger partial charge in [-0.15, -0.1) is 11.3 Å². The smallest absolute Gasteiger partial charge is 0.332 e. The van der Waals surface area contributed by atoms with Gasteiger partial charge in [0.05, 0.1) is 23.2 Å². The second-order valence-electron chi connectivity index (χ2n) is 5.57. The van der Waals surface area contributed by atoms with Crippen LogP contribution < -0.4 is 5.43 Å². The molecule has 1 aromatic carbocycles. The van der Waals surface area contributed by atoms with E-state index in [4.69, 9.17) is 4.74 Å². The van der Waals surface area contributed by atoms with Crippen LogP contribution >= 0.6 is 11.3 Å². The number of halogens is 1. The van der Waals surface area contributed by atoms with Gasteiger partial charge in [0.15, 0.2) is 0 Å². The summed E-state index contributed by atoms with van der Waals surface area (Å²) in [7, 11) is 0. The van der Waals surface area contributed by atoms with Crippen LogP contribution in [-0.2, 0) is 9.53 Å². The zero-order valence-electron chi connectivity index (χ0n) is 14.0. The Morgan fingerprint density at radius 1 is 1.36 bits per heavy atom. The molecule has 2 aromatic rings. The van der Waals surface area contributed by atoms with Crippen LogP contribution in [-0.4, -0.2) is 17.6 Å². The monoisotopic (exact) mass is 358 g/mol. The van der Waals surface area contributed by atoms with E-state index in [9.17, 15) is 9.18 Å². The lowest BCUT2D eigenvalue weighted by atomic mass is 10.1. The van der Waals surface area contributed by atoms with Crippen molar-refractivity contribution in [3.05, 3.63) is 75.9 Å². The summed E-state index contributed by atoms with van der Waals surface area (Å²) in [5.41, 5.74) is 5.94. The van der Waals surface area contributed by atoms with E-state index in [1.165, 1.54) is 18.2 Å². The first kappa shape index (κ1) is 17.2. The minimum Gasteiger partial charge on any atom is -0.463 e. The molecule has 0 amide bonds. The molecule has 6 heteroatoms. The highest BCUT2D eigenvalue weighted by Crippen LogP contribution is 2.35. The SMILES string of the molecule is CCOC(=O)C=C(C)N1NC(c2cccs2)=C[C@H]1c1ccc(F)cc1. The number of benzene rings is 1. The van der Waals surface area contributed by atoms with Crippen molar-refractivity contribution in [1.29, 1.82) is 0 Å². The molecular weight excluding hydrogens is 339 g/mol. The molecular formula is C19H19FN2O2S. The molecule has 1 N–H and O–H groups in total. The number of allylic oxidation sites excluding steroid dienone is 1. The minimum atomic E-state index is -0.385. The number of nitrogens with zero attached hydrogens (tertiary/aromatic N) is 1. The molecule has 0 radical (unpaired) electrons. The Morgan fingerprint density at radius 2 is 2.12 bits per heavy atom. The molecule has 2 heterocycles. The number of ether oxygens (including phenoxy) is 1. The van der Waals surface area contributed by atoms with Crippen molar-refractivity contribution in [3.63, 3.8) is 0 Å². The molecule has 1 aromatic heterocycles. The van der Waals surface area contributed by atoms with Crippen molar-refractivity contribution in [2.24, 2.45) is 0 Å². The topological polar surface area (TPSA) is 41.6 Å². The number of esters is 1. The summed E-state index contributed by atoms with van der Waals surface area (Å²) in [6.45, 7) is 3.94. The van der Waals surface area contributed by atoms with Gasteiger partial charge in [0, 0.05) is 11.8 Å². The predicted octanol–water partition coefficient (Wildman–Crippen LogP) is 4.26. The Balaban J connectivity index is 1.93. The van der Waals surface area contributed by atoms with E-state index in [0.717, 1.165) is 21.8 Å². The van der Waals surface area contributed by atoms with Gasteiger partial charge < -0.3 is 4.74 Å². The van der Waals surface area contributed by atoms with E-state index in [2.05, 4.69) is 11.5 Å². The van der Waals surface area contributed by atoms with Gasteiger partial charge in [-0.05, 0) is 49.1 Å². The van der Waals surface area contributed by atoms with Crippen molar-refractivity contribution in [2.75, 3.05) is 6.61 Å². The van der Waals surface area contributed by atoms with E-state index in [-0.39, 0.29) is 17.8 Å². The molecule has 1 aliphatic heterocycles. The van der Waals surface area contributed by atoms with E-state index in [1.807, 2.05) is 29.4 Å². The average molecular weight is 358 g/mol. The summed E-state index contributed by atoms with van der Waals surface area (Å²) in [5, 5.41) is 3.90. The molecule has 0 fully saturated rings. The van der Waals surface area contributed by atoms with Crippen LogP contribution in [0.4, 0.5) is 4.39 Å². The Bertz CT molecular complexity index is 797. The third-order valence-corrected chi connectivity index (χ3v) is 4.74. The summed E-state index contributed by atoms with van der Waals surface area (Å²) in [6, 6.07) is 10.2. The van der Waals surface area contributed by atoms with Crippen LogP contribution in [0.3, 0.4) is 0 Å². The third kappa shape index (κ3) is 3.91. The number of thiophene rings is 1. The van der Waals surface area contributed by atoms with Gasteiger partial charge in [-0.3, -0.25) is 10.4 Å². The van der Waals surface area contributed by atoms with Gasteiger partial charge in [0.25, 0.3) is 0 Å². The summed E-state index contributed by atoms with van der Waals surface area (Å²) >= 11 is 1.63. The van der Waals surface area contributed by atoms with E-state index in [0.29, 0.717) is 6.61 Å². The van der Waals surface area contributed by atoms with E-state index in [1.54, 1.807) is 30.4 Å². The zero-order valence-corrected chi connectivity index (χ0v) is 14.8. The first-order chi connectivity index (χ1) is 12.1. The van der Waals surface area contributed by atoms with Crippen molar-refractivity contribution in [3.8, 4) is 0 Å². The molecule has 0 bridgehead atoms. The lowest BCUT2D eigenvalue weighted by Gasteiger charge is -2.28. The predicted molar refractivity (Wildman–Crippen MR) is 96.8 cm³/mol. The first-order valence-electron chi connectivity index (χ1n) is 8.00. The van der Waals surface area contributed by atoms with Crippen molar-refractivity contribution >= 4 is 23.0 Å². The molecule has 25 heavy (non-hydrogen) atoms. The van der Waals surface area contributed by atoms with Gasteiger partial charge in [-0.25, -0.2) is 9.18 Å². The van der Waals surface area contributed by atoms with Gasteiger partial charge in [-0.2, -0.15) is 0 Å². The number of rotatable bonds is 5. The van der Waals surface area contributed by atoms with Crippen molar-refractivity contribution < 1.29 is 13.9 Å². The molecule has 0 aliphatic carbocycles. The van der Waals surface area contributed by atoms with Gasteiger partial charge in [0.2, 0.25) is 0 Å². The molecule has 1 aliphatic rings. The number of nitrogens with one attached hydrogen (secondary N) is 1. The molecule has 1 atom stereocenters. The molecule has 3 rings (SSSR count). The maximum Gasteiger partial charge on any atom is 0.332 e. The van der Waals surface area contributed by atoms with Gasteiger partial charge >= 0.3 is 5.97 Å². The zero-order chi connectivity index (χ0) is 17.8. The van der Waals surface area contributed by atoms with Crippen molar-refractivity contribution in [1.82, 2.24) is 10.4 Å². The van der Waals surface area contributed by atoms with Crippen LogP contribution in [0.1, 0.15) is 30.3 Å². The lowest BCUT2D eigenvalue weighted by Crippen LogP contribution is -2.32. The highest BCUT2D eigenvalue weighted by molar-refractivity contribution is 7.11. The van der Waals surface area contributed by atoms with Crippen LogP contribution in [0, 0.1) is 5.82 Å². The summed E-state index contributed by atoms with van der Waals surface area (Å²) in [5.74, 6) is -0.660. The summed E-state index contributed by atoms with van der Waals surface area (Å²) < 4.78 is 18.3. The number of carbonyl (C=O) groups is 1. The number of hydrogen-bond acceptors (Lipinski definition) is 5. The summed E-state index contributed by atoms with van der Waals surface area (Å²) in [6.07, 6.45) is 3.53. The normalized spacial score (nSPS) is 17.2. The quantitative estimate of drug-likeness (QED) is 0.641. The Morgan fingerprint density at radius 3 is 2.76 bits per heavy atom. The maximum absolute atomic E-state index is 13.3. The van der Waals surface area contributed by atoms with Crippen LogP contribution in [0.25, 0.3) is 5.70 Å².